The van der Waals surface area contributed by atoms with Gasteiger partial charge in [0.25, 0.3) is 0 Å². The molecule has 1 atom stereocenters. The van der Waals surface area contributed by atoms with Crippen molar-refractivity contribution < 1.29 is 22.7 Å². The molecule has 2 N–H and O–H groups in total. The fraction of sp³-hybridized carbons (Fsp3) is 0.444. The van der Waals surface area contributed by atoms with E-state index in [1.807, 2.05) is 64.1 Å². The molecule has 1 saturated carbocycles. The van der Waals surface area contributed by atoms with E-state index < -0.39 is 15.6 Å². The van der Waals surface area contributed by atoms with Crippen LogP contribution in [0.3, 0.4) is 0 Å². The first kappa shape index (κ1) is 33.5. The molecule has 4 aromatic rings. The van der Waals surface area contributed by atoms with Gasteiger partial charge >= 0.3 is 6.09 Å². The van der Waals surface area contributed by atoms with E-state index in [1.54, 1.807) is 29.4 Å². The van der Waals surface area contributed by atoms with Crippen molar-refractivity contribution in [1.82, 2.24) is 19.9 Å². The number of benzene rings is 2. The fourth-order valence-corrected chi connectivity index (χ4v) is 8.02. The molecule has 0 spiro atoms. The molecule has 254 valence electrons. The lowest BCUT2D eigenvalue weighted by Crippen LogP contribution is -2.47. The maximum absolute atomic E-state index is 13.1. The van der Waals surface area contributed by atoms with Crippen molar-refractivity contribution in [3.63, 3.8) is 0 Å². The Morgan fingerprint density at radius 2 is 1.77 bits per heavy atom. The number of nitrogens with one attached hydrogen (secondary N) is 2. The number of carbonyl (C=O) groups excluding carboxylic acids is 1. The maximum Gasteiger partial charge on any atom is 0.410 e. The summed E-state index contributed by atoms with van der Waals surface area (Å²) in [6.45, 7) is 8.67. The van der Waals surface area contributed by atoms with Crippen LogP contribution in [0.1, 0.15) is 64.9 Å². The molecule has 0 unspecified atom stereocenters. The third-order valence-corrected chi connectivity index (χ3v) is 10.2. The number of aryl methyl sites for hydroxylation is 1. The number of hydrogen-bond donors (Lipinski definition) is 2. The van der Waals surface area contributed by atoms with Crippen molar-refractivity contribution in [2.24, 2.45) is 5.92 Å². The largest absolute Gasteiger partial charge is 0.444 e. The predicted octanol–water partition coefficient (Wildman–Crippen LogP) is 7.54. The molecule has 2 fully saturated rings. The quantitative estimate of drug-likeness (QED) is 0.185. The minimum absolute atomic E-state index is 0.0331. The molecule has 11 nitrogen and oxygen atoms in total. The van der Waals surface area contributed by atoms with Crippen molar-refractivity contribution in [3.05, 3.63) is 66.5 Å². The second-order valence-electron chi connectivity index (χ2n) is 13.8. The second kappa shape index (κ2) is 14.0. The summed E-state index contributed by atoms with van der Waals surface area (Å²) in [5.41, 5.74) is 2.13. The molecule has 12 heteroatoms. The standard InChI is InChI=1S/C36H44N6O5S/c1-24-16-17-27-28(13-7-15-31(27)41-48(44,45)23-25-10-5-6-11-25)32(24)46-33-29(14-8-19-37-33)30-18-20-38-34(40-30)39-26-12-9-21-42(22-26)35(43)47-36(2,3)4/h7-8,13-20,25-26,41H,5-6,9-12,21-23H2,1-4H3,(H,38,39,40)/t26-/m0/s1. The Morgan fingerprint density at radius 1 is 0.958 bits per heavy atom. The summed E-state index contributed by atoms with van der Waals surface area (Å²) in [5, 5.41) is 4.91. The number of sulfonamides is 1. The summed E-state index contributed by atoms with van der Waals surface area (Å²) < 4.78 is 41.2. The smallest absolute Gasteiger partial charge is 0.410 e. The van der Waals surface area contributed by atoms with Gasteiger partial charge in [0.2, 0.25) is 21.9 Å². The zero-order chi connectivity index (χ0) is 33.9. The molecular formula is C36H44N6O5S. The van der Waals surface area contributed by atoms with Gasteiger partial charge in [0.15, 0.2) is 0 Å². The number of rotatable bonds is 9. The number of fused-ring (bicyclic) bond motifs is 1. The average molecular weight is 673 g/mol. The van der Waals surface area contributed by atoms with E-state index in [-0.39, 0.29) is 23.8 Å². The van der Waals surface area contributed by atoms with Gasteiger partial charge in [0.05, 0.1) is 22.7 Å². The van der Waals surface area contributed by atoms with Crippen LogP contribution in [-0.4, -0.2) is 64.8 Å². The molecule has 2 aromatic heterocycles. The van der Waals surface area contributed by atoms with Gasteiger partial charge in [-0.1, -0.05) is 37.1 Å². The van der Waals surface area contributed by atoms with Crippen LogP contribution in [0.5, 0.6) is 11.6 Å². The Labute approximate surface area is 282 Å². The van der Waals surface area contributed by atoms with Crippen LogP contribution >= 0.6 is 0 Å². The Hall–Kier alpha value is -4.45. The Morgan fingerprint density at radius 3 is 2.56 bits per heavy atom. The first-order chi connectivity index (χ1) is 22.9. The number of aromatic nitrogens is 3. The van der Waals surface area contributed by atoms with Gasteiger partial charge in [-0.25, -0.2) is 28.2 Å². The number of carbonyl (C=O) groups is 1. The lowest BCUT2D eigenvalue weighted by Gasteiger charge is -2.34. The Bertz CT molecular complexity index is 1890. The third kappa shape index (κ3) is 8.15. The number of anilines is 2. The Balaban J connectivity index is 1.23. The minimum Gasteiger partial charge on any atom is -0.444 e. The van der Waals surface area contributed by atoms with E-state index in [9.17, 15) is 13.2 Å². The van der Waals surface area contributed by atoms with Crippen LogP contribution in [0, 0.1) is 12.8 Å². The summed E-state index contributed by atoms with van der Waals surface area (Å²) in [7, 11) is -3.51. The molecule has 1 amide bonds. The number of piperidine rings is 1. The summed E-state index contributed by atoms with van der Waals surface area (Å²) in [6.07, 6.45) is 8.82. The number of pyridine rings is 1. The van der Waals surface area contributed by atoms with Crippen LogP contribution < -0.4 is 14.8 Å². The first-order valence-electron chi connectivity index (χ1n) is 16.7. The molecule has 3 heterocycles. The predicted molar refractivity (Wildman–Crippen MR) is 188 cm³/mol. The molecule has 0 bridgehead atoms. The highest BCUT2D eigenvalue weighted by Crippen LogP contribution is 2.39. The zero-order valence-corrected chi connectivity index (χ0v) is 28.8. The van der Waals surface area contributed by atoms with Crippen LogP contribution in [0.25, 0.3) is 22.0 Å². The number of hydrogen-bond acceptors (Lipinski definition) is 9. The van der Waals surface area contributed by atoms with Gasteiger partial charge in [-0.05, 0) is 89.1 Å². The lowest BCUT2D eigenvalue weighted by molar-refractivity contribution is 0.0206. The van der Waals surface area contributed by atoms with E-state index in [0.29, 0.717) is 47.6 Å². The van der Waals surface area contributed by atoms with Crippen LogP contribution in [-0.2, 0) is 14.8 Å². The Kier molecular flexibility index (Phi) is 9.73. The van der Waals surface area contributed by atoms with Gasteiger partial charge in [-0.15, -0.1) is 0 Å². The molecule has 0 radical (unpaired) electrons. The van der Waals surface area contributed by atoms with Crippen molar-refractivity contribution >= 4 is 38.5 Å². The fourth-order valence-electron chi connectivity index (χ4n) is 6.47. The van der Waals surface area contributed by atoms with Crippen LogP contribution in [0.2, 0.25) is 0 Å². The summed E-state index contributed by atoms with van der Waals surface area (Å²) >= 11 is 0. The molecule has 2 aliphatic rings. The van der Waals surface area contributed by atoms with Crippen LogP contribution in [0.15, 0.2) is 60.9 Å². The van der Waals surface area contributed by atoms with Crippen molar-refractivity contribution in [1.29, 1.82) is 0 Å². The van der Waals surface area contributed by atoms with E-state index in [4.69, 9.17) is 14.5 Å². The monoisotopic (exact) mass is 672 g/mol. The highest BCUT2D eigenvalue weighted by molar-refractivity contribution is 7.92. The van der Waals surface area contributed by atoms with E-state index in [0.717, 1.165) is 54.9 Å². The second-order valence-corrected chi connectivity index (χ2v) is 15.5. The molecule has 6 rings (SSSR count). The first-order valence-corrected chi connectivity index (χ1v) is 18.3. The van der Waals surface area contributed by atoms with E-state index in [1.165, 1.54) is 0 Å². The zero-order valence-electron chi connectivity index (χ0n) is 28.0. The maximum atomic E-state index is 13.1. The normalized spacial score (nSPS) is 17.3. The van der Waals surface area contributed by atoms with Gasteiger partial charge in [0.1, 0.15) is 11.4 Å². The molecule has 1 aliphatic carbocycles. The van der Waals surface area contributed by atoms with Gasteiger partial charge in [0, 0.05) is 42.3 Å². The summed E-state index contributed by atoms with van der Waals surface area (Å²) in [6, 6.07) is 14.9. The molecule has 2 aromatic carbocycles. The van der Waals surface area contributed by atoms with Crippen LogP contribution in [0.4, 0.5) is 16.4 Å². The average Bonchev–Trinajstić information content (AvgIpc) is 3.54. The van der Waals surface area contributed by atoms with E-state index >= 15 is 0 Å². The lowest BCUT2D eigenvalue weighted by atomic mass is 10.0. The summed E-state index contributed by atoms with van der Waals surface area (Å²) in [4.78, 5) is 28.2. The topological polar surface area (TPSA) is 136 Å². The molecule has 1 saturated heterocycles. The number of ether oxygens (including phenoxy) is 2. The van der Waals surface area contributed by atoms with Gasteiger partial charge in [-0.3, -0.25) is 4.72 Å². The van der Waals surface area contributed by atoms with Crippen molar-refractivity contribution in [3.8, 4) is 22.9 Å². The van der Waals surface area contributed by atoms with Gasteiger partial charge < -0.3 is 19.7 Å². The van der Waals surface area contributed by atoms with Gasteiger partial charge in [-0.2, -0.15) is 0 Å². The van der Waals surface area contributed by atoms with Crippen molar-refractivity contribution in [2.75, 3.05) is 28.9 Å². The number of likely N-dealkylation sites (tertiary alicyclic amines) is 1. The highest BCUT2D eigenvalue weighted by Gasteiger charge is 2.28. The number of nitrogens with zero attached hydrogens (tertiary/aromatic N) is 4. The molecule has 1 aliphatic heterocycles. The summed E-state index contributed by atoms with van der Waals surface area (Å²) in [5.74, 6) is 1.72. The third-order valence-electron chi connectivity index (χ3n) is 8.71. The highest BCUT2D eigenvalue weighted by atomic mass is 32.2. The molecule has 48 heavy (non-hydrogen) atoms. The van der Waals surface area contributed by atoms with E-state index in [2.05, 4.69) is 20.0 Å². The van der Waals surface area contributed by atoms with Crippen molar-refractivity contribution in [2.45, 2.75) is 77.9 Å². The minimum atomic E-state index is -3.51. The number of amides is 1. The SMILES string of the molecule is Cc1ccc2c(NS(=O)(=O)CC3CCCC3)cccc2c1Oc1ncccc1-c1ccnc(N[C@H]2CCCN(C(=O)OC(C)(C)C)C2)n1. The molecular weight excluding hydrogens is 629 g/mol.